The molecule has 2 aromatic rings. The van der Waals surface area contributed by atoms with Gasteiger partial charge in [-0.3, -0.25) is 0 Å². The van der Waals surface area contributed by atoms with Crippen LogP contribution in [0.2, 0.25) is 0 Å². The second-order valence-corrected chi connectivity index (χ2v) is 6.51. The largest absolute Gasteiger partial charge is 0.497 e. The summed E-state index contributed by atoms with van der Waals surface area (Å²) >= 11 is 0. The van der Waals surface area contributed by atoms with Gasteiger partial charge in [0, 0.05) is 18.4 Å². The van der Waals surface area contributed by atoms with E-state index in [1.807, 2.05) is 18.2 Å². The molecule has 0 bridgehead atoms. The normalized spacial score (nSPS) is 24.7. The van der Waals surface area contributed by atoms with Crippen LogP contribution >= 0.6 is 0 Å². The standard InChI is InChI=1S/C20H22N2O2/c1-4-20(2)22-18(16-7-5-6-8-19(16)24-20)13-17(21-22)14-9-11-15(23-3)12-10-14/h5-12,18H,4,13H2,1-3H3/t18-,20+/m1/s1. The molecule has 0 fully saturated rings. The minimum atomic E-state index is -0.409. The minimum Gasteiger partial charge on any atom is -0.497 e. The Morgan fingerprint density at radius 3 is 2.67 bits per heavy atom. The SMILES string of the molecule is CC[C@]1(C)Oc2ccccc2[C@H]2CC(c3ccc(OC)cc3)=NN21. The van der Waals surface area contributed by atoms with Crippen LogP contribution in [0.3, 0.4) is 0 Å². The van der Waals surface area contributed by atoms with E-state index in [1.54, 1.807) is 7.11 Å². The molecule has 2 aliphatic rings. The number of hydrogen-bond donors (Lipinski definition) is 0. The van der Waals surface area contributed by atoms with Gasteiger partial charge in [-0.2, -0.15) is 5.10 Å². The Kier molecular flexibility index (Phi) is 3.48. The van der Waals surface area contributed by atoms with Gasteiger partial charge in [0.1, 0.15) is 11.5 Å². The summed E-state index contributed by atoms with van der Waals surface area (Å²) in [5, 5.41) is 7.09. The van der Waals surface area contributed by atoms with Crippen molar-refractivity contribution in [1.82, 2.24) is 5.01 Å². The van der Waals surface area contributed by atoms with Gasteiger partial charge in [0.05, 0.1) is 18.9 Å². The number of ether oxygens (including phenoxy) is 2. The predicted molar refractivity (Wildman–Crippen MR) is 94.5 cm³/mol. The van der Waals surface area contributed by atoms with E-state index >= 15 is 0 Å². The quantitative estimate of drug-likeness (QED) is 0.842. The lowest BCUT2D eigenvalue weighted by Crippen LogP contribution is -2.50. The van der Waals surface area contributed by atoms with Gasteiger partial charge in [0.25, 0.3) is 0 Å². The Labute approximate surface area is 142 Å². The first-order valence-electron chi connectivity index (χ1n) is 8.44. The monoisotopic (exact) mass is 322 g/mol. The Bertz CT molecular complexity index is 784. The highest BCUT2D eigenvalue weighted by Crippen LogP contribution is 2.47. The summed E-state index contributed by atoms with van der Waals surface area (Å²) in [5.74, 6) is 1.84. The van der Waals surface area contributed by atoms with Gasteiger partial charge in [0.2, 0.25) is 0 Å². The van der Waals surface area contributed by atoms with E-state index in [0.29, 0.717) is 0 Å². The molecule has 0 saturated heterocycles. The van der Waals surface area contributed by atoms with Crippen molar-refractivity contribution in [3.8, 4) is 11.5 Å². The van der Waals surface area contributed by atoms with Gasteiger partial charge in [-0.25, -0.2) is 5.01 Å². The smallest absolute Gasteiger partial charge is 0.195 e. The van der Waals surface area contributed by atoms with E-state index < -0.39 is 5.72 Å². The van der Waals surface area contributed by atoms with Crippen LogP contribution in [0.15, 0.2) is 53.6 Å². The summed E-state index contributed by atoms with van der Waals surface area (Å²) < 4.78 is 11.6. The van der Waals surface area contributed by atoms with Crippen molar-refractivity contribution in [3.05, 3.63) is 59.7 Å². The number of fused-ring (bicyclic) bond motifs is 3. The van der Waals surface area contributed by atoms with Crippen molar-refractivity contribution in [2.24, 2.45) is 5.10 Å². The molecule has 4 nitrogen and oxygen atoms in total. The molecule has 0 amide bonds. The van der Waals surface area contributed by atoms with Crippen LogP contribution in [0, 0.1) is 0 Å². The minimum absolute atomic E-state index is 0.233. The molecule has 4 rings (SSSR count). The highest BCUT2D eigenvalue weighted by Gasteiger charge is 2.46. The Morgan fingerprint density at radius 1 is 1.21 bits per heavy atom. The molecule has 2 aromatic carbocycles. The van der Waals surface area contributed by atoms with Gasteiger partial charge >= 0.3 is 0 Å². The first-order chi connectivity index (χ1) is 11.6. The van der Waals surface area contributed by atoms with Crippen molar-refractivity contribution in [1.29, 1.82) is 0 Å². The topological polar surface area (TPSA) is 34.1 Å². The van der Waals surface area contributed by atoms with Crippen LogP contribution in [0.25, 0.3) is 0 Å². The fourth-order valence-corrected chi connectivity index (χ4v) is 3.51. The molecule has 0 saturated carbocycles. The van der Waals surface area contributed by atoms with Crippen molar-refractivity contribution in [2.45, 2.75) is 38.5 Å². The Morgan fingerprint density at radius 2 is 1.96 bits per heavy atom. The van der Waals surface area contributed by atoms with Gasteiger partial charge in [-0.15, -0.1) is 0 Å². The Balaban J connectivity index is 1.73. The summed E-state index contributed by atoms with van der Waals surface area (Å²) in [6.45, 7) is 4.27. The van der Waals surface area contributed by atoms with Crippen molar-refractivity contribution >= 4 is 5.71 Å². The number of benzene rings is 2. The lowest BCUT2D eigenvalue weighted by atomic mass is 9.94. The van der Waals surface area contributed by atoms with E-state index in [1.165, 1.54) is 5.56 Å². The van der Waals surface area contributed by atoms with Crippen molar-refractivity contribution in [3.63, 3.8) is 0 Å². The highest BCUT2D eigenvalue weighted by atomic mass is 16.5. The summed E-state index contributed by atoms with van der Waals surface area (Å²) in [7, 11) is 1.68. The van der Waals surface area contributed by atoms with Crippen LogP contribution in [0.5, 0.6) is 11.5 Å². The van der Waals surface area contributed by atoms with Crippen LogP contribution in [-0.4, -0.2) is 23.6 Å². The summed E-state index contributed by atoms with van der Waals surface area (Å²) in [6.07, 6.45) is 1.76. The third-order valence-corrected chi connectivity index (χ3v) is 5.08. The number of hydrazone groups is 1. The summed E-state index contributed by atoms with van der Waals surface area (Å²) in [5.41, 5.74) is 3.05. The number of nitrogens with zero attached hydrogens (tertiary/aromatic N) is 2. The van der Waals surface area contributed by atoms with Crippen molar-refractivity contribution in [2.75, 3.05) is 7.11 Å². The first kappa shape index (κ1) is 15.1. The fourth-order valence-electron chi connectivity index (χ4n) is 3.51. The van der Waals surface area contributed by atoms with Crippen LogP contribution in [0.4, 0.5) is 0 Å². The number of methoxy groups -OCH3 is 1. The second kappa shape index (κ2) is 5.55. The molecule has 2 atom stereocenters. The van der Waals surface area contributed by atoms with E-state index in [4.69, 9.17) is 14.6 Å². The van der Waals surface area contributed by atoms with E-state index in [9.17, 15) is 0 Å². The maximum absolute atomic E-state index is 6.30. The summed E-state index contributed by atoms with van der Waals surface area (Å²) in [6, 6.07) is 16.7. The van der Waals surface area contributed by atoms with Crippen LogP contribution in [0.1, 0.15) is 43.9 Å². The molecule has 24 heavy (non-hydrogen) atoms. The molecule has 0 unspecified atom stereocenters. The average Bonchev–Trinajstić information content (AvgIpc) is 3.08. The van der Waals surface area contributed by atoms with Gasteiger partial charge in [0.15, 0.2) is 5.72 Å². The lowest BCUT2D eigenvalue weighted by molar-refractivity contribution is -0.108. The first-order valence-corrected chi connectivity index (χ1v) is 8.44. The molecule has 0 radical (unpaired) electrons. The zero-order valence-corrected chi connectivity index (χ0v) is 14.3. The molecule has 0 aliphatic carbocycles. The third-order valence-electron chi connectivity index (χ3n) is 5.08. The van der Waals surface area contributed by atoms with Gasteiger partial charge in [-0.05, 0) is 42.8 Å². The second-order valence-electron chi connectivity index (χ2n) is 6.51. The maximum Gasteiger partial charge on any atom is 0.195 e. The lowest BCUT2D eigenvalue weighted by Gasteiger charge is -2.45. The van der Waals surface area contributed by atoms with Gasteiger partial charge < -0.3 is 9.47 Å². The van der Waals surface area contributed by atoms with Crippen LogP contribution < -0.4 is 9.47 Å². The molecular formula is C20H22N2O2. The van der Waals surface area contributed by atoms with Crippen molar-refractivity contribution < 1.29 is 9.47 Å². The van der Waals surface area contributed by atoms with Crippen LogP contribution in [-0.2, 0) is 0 Å². The van der Waals surface area contributed by atoms with E-state index in [0.717, 1.165) is 35.6 Å². The zero-order chi connectivity index (χ0) is 16.7. The van der Waals surface area contributed by atoms with E-state index in [2.05, 4.69) is 49.2 Å². The average molecular weight is 322 g/mol. The molecule has 0 N–H and O–H groups in total. The number of rotatable bonds is 3. The maximum atomic E-state index is 6.30. The van der Waals surface area contributed by atoms with E-state index in [-0.39, 0.29) is 6.04 Å². The number of para-hydroxylation sites is 1. The summed E-state index contributed by atoms with van der Waals surface area (Å²) in [4.78, 5) is 0. The predicted octanol–water partition coefficient (Wildman–Crippen LogP) is 4.36. The Hall–Kier alpha value is -2.49. The van der Waals surface area contributed by atoms with Gasteiger partial charge in [-0.1, -0.05) is 25.1 Å². The fraction of sp³-hybridized carbons (Fsp3) is 0.350. The molecule has 124 valence electrons. The molecule has 2 aliphatic heterocycles. The molecule has 4 heteroatoms. The molecule has 0 aromatic heterocycles. The molecule has 2 heterocycles. The molecular weight excluding hydrogens is 300 g/mol. The zero-order valence-electron chi connectivity index (χ0n) is 14.3. The number of hydrogen-bond acceptors (Lipinski definition) is 4. The highest BCUT2D eigenvalue weighted by molar-refractivity contribution is 6.02. The molecule has 0 spiro atoms. The third kappa shape index (κ3) is 2.25.